The Morgan fingerprint density at radius 2 is 1.71 bits per heavy atom. The van der Waals surface area contributed by atoms with Crippen LogP contribution in [-0.4, -0.2) is 24.1 Å². The summed E-state index contributed by atoms with van der Waals surface area (Å²) in [6.45, 7) is 0. The SMILES string of the molecule is C1=CC2OC3C(C4C=C(c5ccc(C6NC(c7ccccc7)S6)c6c5C=CCC6)NC(C5=CCCC=C5)=N4)=CC=CC3C2C=C1. The van der Waals surface area contributed by atoms with Crippen LogP contribution in [0.15, 0.2) is 132 Å². The summed E-state index contributed by atoms with van der Waals surface area (Å²) >= 11 is 2.01. The monoisotopic (exact) mass is 607 g/mol. The van der Waals surface area contributed by atoms with Gasteiger partial charge in [-0.15, -0.1) is 11.8 Å². The first-order chi connectivity index (χ1) is 22.3. The van der Waals surface area contributed by atoms with Crippen LogP contribution in [0, 0.1) is 11.8 Å². The summed E-state index contributed by atoms with van der Waals surface area (Å²) in [5.41, 5.74) is 10.4. The number of rotatable bonds is 5. The molecule has 2 N–H and O–H groups in total. The molecular weight excluding hydrogens is 571 g/mol. The highest BCUT2D eigenvalue weighted by Gasteiger charge is 2.45. The van der Waals surface area contributed by atoms with Gasteiger partial charge in [-0.1, -0.05) is 115 Å². The van der Waals surface area contributed by atoms with Crippen LogP contribution < -0.4 is 10.6 Å². The summed E-state index contributed by atoms with van der Waals surface area (Å²) < 4.78 is 6.72. The van der Waals surface area contributed by atoms with Crippen molar-refractivity contribution < 1.29 is 4.74 Å². The summed E-state index contributed by atoms with van der Waals surface area (Å²) in [6.07, 6.45) is 33.9. The van der Waals surface area contributed by atoms with Crippen molar-refractivity contribution in [3.05, 3.63) is 154 Å². The highest BCUT2D eigenvalue weighted by atomic mass is 32.2. The minimum Gasteiger partial charge on any atom is -0.365 e. The molecule has 2 aromatic rings. The number of amidine groups is 1. The first-order valence-electron chi connectivity index (χ1n) is 16.4. The highest BCUT2D eigenvalue weighted by Crippen LogP contribution is 2.50. The number of nitrogens with zero attached hydrogens (tertiary/aromatic N) is 1. The van der Waals surface area contributed by atoms with Crippen LogP contribution in [0.25, 0.3) is 11.8 Å². The van der Waals surface area contributed by atoms with Crippen LogP contribution in [0.3, 0.4) is 0 Å². The van der Waals surface area contributed by atoms with Crippen molar-refractivity contribution in [2.45, 2.75) is 54.7 Å². The molecule has 4 nitrogen and oxygen atoms in total. The number of fused-ring (bicyclic) bond motifs is 4. The van der Waals surface area contributed by atoms with Gasteiger partial charge in [0.25, 0.3) is 0 Å². The normalized spacial score (nSPS) is 32.3. The Morgan fingerprint density at radius 3 is 2.60 bits per heavy atom. The predicted octanol–water partition coefficient (Wildman–Crippen LogP) is 8.29. The number of thioether (sulfide) groups is 1. The molecule has 45 heavy (non-hydrogen) atoms. The van der Waals surface area contributed by atoms with Gasteiger partial charge in [0.05, 0.1) is 29.0 Å². The van der Waals surface area contributed by atoms with Gasteiger partial charge in [0.2, 0.25) is 0 Å². The van der Waals surface area contributed by atoms with Gasteiger partial charge in [-0.2, -0.15) is 0 Å². The first-order valence-corrected chi connectivity index (χ1v) is 17.4. The van der Waals surface area contributed by atoms with E-state index in [0.717, 1.165) is 37.2 Å². The lowest BCUT2D eigenvalue weighted by molar-refractivity contribution is 0.0790. The number of hydrogen-bond donors (Lipinski definition) is 2. The fourth-order valence-electron chi connectivity index (χ4n) is 7.84. The quantitative estimate of drug-likeness (QED) is 0.359. The summed E-state index contributed by atoms with van der Waals surface area (Å²) in [6, 6.07) is 15.4. The van der Waals surface area contributed by atoms with E-state index < -0.39 is 0 Å². The number of benzene rings is 2. The molecule has 3 aliphatic heterocycles. The van der Waals surface area contributed by atoms with E-state index in [1.54, 1.807) is 0 Å². The molecule has 7 unspecified atom stereocenters. The lowest BCUT2D eigenvalue weighted by Gasteiger charge is -2.39. The van der Waals surface area contributed by atoms with Gasteiger partial charge in [-0.05, 0) is 59.6 Å². The predicted molar refractivity (Wildman–Crippen MR) is 186 cm³/mol. The molecule has 9 rings (SSSR count). The Hall–Kier alpha value is -3.90. The summed E-state index contributed by atoms with van der Waals surface area (Å²) in [5, 5.41) is 8.30. The third-order valence-electron chi connectivity index (χ3n) is 10.1. The molecule has 3 heterocycles. The second-order valence-corrected chi connectivity index (χ2v) is 14.0. The molecule has 7 atom stereocenters. The molecule has 0 saturated carbocycles. The molecule has 224 valence electrons. The van der Waals surface area contributed by atoms with Crippen molar-refractivity contribution in [2.24, 2.45) is 16.8 Å². The number of hydrogen-bond acceptors (Lipinski definition) is 5. The van der Waals surface area contributed by atoms with Crippen molar-refractivity contribution >= 4 is 29.4 Å². The summed E-state index contributed by atoms with van der Waals surface area (Å²) in [7, 11) is 0. The fourth-order valence-corrected chi connectivity index (χ4v) is 9.00. The number of ether oxygens (including phenoxy) is 1. The van der Waals surface area contributed by atoms with E-state index in [1.165, 1.54) is 39.0 Å². The number of nitrogens with one attached hydrogen (secondary N) is 2. The lowest BCUT2D eigenvalue weighted by Crippen LogP contribution is -2.35. The largest absolute Gasteiger partial charge is 0.365 e. The van der Waals surface area contributed by atoms with Gasteiger partial charge in [0, 0.05) is 28.7 Å². The molecule has 4 aliphatic carbocycles. The zero-order valence-electron chi connectivity index (χ0n) is 25.2. The number of aliphatic imine (C=N–C) groups is 1. The van der Waals surface area contributed by atoms with E-state index in [0.29, 0.717) is 22.6 Å². The van der Waals surface area contributed by atoms with E-state index in [1.807, 2.05) is 11.8 Å². The second-order valence-electron chi connectivity index (χ2n) is 12.8. The third kappa shape index (κ3) is 4.89. The van der Waals surface area contributed by atoms with Crippen molar-refractivity contribution in [2.75, 3.05) is 0 Å². The summed E-state index contributed by atoms with van der Waals surface area (Å²) in [4.78, 5) is 5.36. The molecule has 0 bridgehead atoms. The highest BCUT2D eigenvalue weighted by molar-refractivity contribution is 8.00. The number of allylic oxidation sites excluding steroid dienone is 7. The molecule has 2 saturated heterocycles. The van der Waals surface area contributed by atoms with Crippen molar-refractivity contribution in [3.63, 3.8) is 0 Å². The van der Waals surface area contributed by atoms with Crippen LogP contribution in [0.4, 0.5) is 0 Å². The van der Waals surface area contributed by atoms with Gasteiger partial charge in [-0.3, -0.25) is 10.3 Å². The molecule has 7 aliphatic rings. The average Bonchev–Trinajstić information content (AvgIpc) is 3.47. The van der Waals surface area contributed by atoms with E-state index >= 15 is 0 Å². The average molecular weight is 608 g/mol. The maximum Gasteiger partial charge on any atom is 0.133 e. The maximum absolute atomic E-state index is 6.72. The topological polar surface area (TPSA) is 45.6 Å². The Kier molecular flexibility index (Phi) is 6.99. The minimum atomic E-state index is -0.101. The third-order valence-corrected chi connectivity index (χ3v) is 11.5. The zero-order chi connectivity index (χ0) is 29.7. The Bertz CT molecular complexity index is 1800. The Morgan fingerprint density at radius 1 is 0.844 bits per heavy atom. The molecular formula is C40H37N3OS. The standard InChI is InChI=1S/C40H37N3OS/c1-3-12-25(13-4-1)38-41-34(24-35(42-38)33-20-11-19-31-30-18-9-10-21-36(30)44-37(31)33)29-22-23-32(28-17-8-7-16-27(28)29)40-43-39(45-40)26-14-5-2-6-15-26/h2-3,5-7,9-16,18-24,30-31,35-37,39-40,43H,1,4,8,17H2,(H,41,42). The van der Waals surface area contributed by atoms with Crippen molar-refractivity contribution in [3.8, 4) is 0 Å². The van der Waals surface area contributed by atoms with Gasteiger partial charge >= 0.3 is 0 Å². The molecule has 0 aromatic heterocycles. The fraction of sp³-hybridized carbons (Fsp3) is 0.275. The van der Waals surface area contributed by atoms with Gasteiger partial charge in [-0.25, -0.2) is 0 Å². The van der Waals surface area contributed by atoms with E-state index in [-0.39, 0.29) is 18.2 Å². The molecule has 2 aromatic carbocycles. The van der Waals surface area contributed by atoms with E-state index in [4.69, 9.17) is 9.73 Å². The van der Waals surface area contributed by atoms with Crippen LogP contribution in [0.2, 0.25) is 0 Å². The Labute approximate surface area is 269 Å². The Balaban J connectivity index is 1.07. The van der Waals surface area contributed by atoms with Crippen LogP contribution in [-0.2, 0) is 11.2 Å². The lowest BCUT2D eigenvalue weighted by atomic mass is 9.78. The van der Waals surface area contributed by atoms with Crippen LogP contribution >= 0.6 is 11.8 Å². The molecule has 5 heteroatoms. The van der Waals surface area contributed by atoms with Gasteiger partial charge in [0.1, 0.15) is 5.84 Å². The molecule has 0 radical (unpaired) electrons. The van der Waals surface area contributed by atoms with E-state index in [9.17, 15) is 0 Å². The van der Waals surface area contributed by atoms with E-state index in [2.05, 4.69) is 132 Å². The molecule has 0 amide bonds. The molecule has 0 spiro atoms. The second kappa shape index (κ2) is 11.5. The van der Waals surface area contributed by atoms with Gasteiger partial charge < -0.3 is 10.1 Å². The smallest absolute Gasteiger partial charge is 0.133 e. The van der Waals surface area contributed by atoms with Crippen molar-refractivity contribution in [1.29, 1.82) is 0 Å². The minimum absolute atomic E-state index is 0.0225. The van der Waals surface area contributed by atoms with Crippen LogP contribution in [0.1, 0.15) is 57.8 Å². The van der Waals surface area contributed by atoms with Crippen molar-refractivity contribution in [1.82, 2.24) is 10.6 Å². The maximum atomic E-state index is 6.72. The first kappa shape index (κ1) is 27.4. The zero-order valence-corrected chi connectivity index (χ0v) is 26.0. The van der Waals surface area contributed by atoms with Crippen LogP contribution in [0.5, 0.6) is 0 Å². The molecule has 2 fully saturated rings. The summed E-state index contributed by atoms with van der Waals surface area (Å²) in [5.74, 6) is 1.66. The van der Waals surface area contributed by atoms with Gasteiger partial charge in [0.15, 0.2) is 0 Å².